The Morgan fingerprint density at radius 3 is 2.19 bits per heavy atom. The van der Waals surface area contributed by atoms with Crippen LogP contribution in [0.15, 0.2) is 67.3 Å². The molecule has 0 bridgehead atoms. The average Bonchev–Trinajstić information content (AvgIpc) is 2.49. The molecule has 2 aromatic carbocycles. The zero-order chi connectivity index (χ0) is 15.5. The zero-order valence-corrected chi connectivity index (χ0v) is 12.6. The monoisotopic (exact) mass is 304 g/mol. The summed E-state index contributed by atoms with van der Waals surface area (Å²) in [5.74, 6) is -0.546. The average molecular weight is 304 g/mol. The summed E-state index contributed by atoms with van der Waals surface area (Å²) < 4.78 is 37.3. The van der Waals surface area contributed by atoms with Crippen molar-refractivity contribution in [2.75, 3.05) is 0 Å². The Hall–Kier alpha value is -1.94. The summed E-state index contributed by atoms with van der Waals surface area (Å²) in [5.41, 5.74) is 1.22. The summed E-state index contributed by atoms with van der Waals surface area (Å²) in [7, 11) is -3.53. The number of rotatable bonds is 5. The molecule has 0 fully saturated rings. The van der Waals surface area contributed by atoms with E-state index in [4.69, 9.17) is 0 Å². The molecule has 2 aromatic rings. The van der Waals surface area contributed by atoms with Crippen molar-refractivity contribution in [1.29, 1.82) is 0 Å². The van der Waals surface area contributed by atoms with E-state index in [0.29, 0.717) is 11.1 Å². The van der Waals surface area contributed by atoms with Crippen LogP contribution in [0.25, 0.3) is 0 Å². The number of sulfone groups is 1. The second kappa shape index (κ2) is 5.82. The number of hydrogen-bond acceptors (Lipinski definition) is 2. The molecule has 0 amide bonds. The maximum absolute atomic E-state index is 12.9. The van der Waals surface area contributed by atoms with E-state index in [0.717, 1.165) is 0 Å². The molecular formula is C17H17FO2S. The van der Waals surface area contributed by atoms with E-state index in [1.54, 1.807) is 31.2 Å². The second-order valence-electron chi connectivity index (χ2n) is 5.06. The maximum Gasteiger partial charge on any atom is 0.167 e. The molecule has 0 heterocycles. The molecule has 21 heavy (non-hydrogen) atoms. The van der Waals surface area contributed by atoms with E-state index in [2.05, 4.69) is 6.58 Å². The molecule has 0 unspecified atom stereocenters. The lowest BCUT2D eigenvalue weighted by atomic mass is 10.0. The molecule has 0 radical (unpaired) electrons. The van der Waals surface area contributed by atoms with Gasteiger partial charge in [0.25, 0.3) is 0 Å². The van der Waals surface area contributed by atoms with Crippen LogP contribution in [-0.2, 0) is 20.3 Å². The Kier molecular flexibility index (Phi) is 4.28. The molecule has 0 saturated heterocycles. The number of hydrogen-bond donors (Lipinski definition) is 0. The smallest absolute Gasteiger partial charge is 0.167 e. The fourth-order valence-electron chi connectivity index (χ4n) is 2.14. The van der Waals surface area contributed by atoms with Crippen molar-refractivity contribution in [3.63, 3.8) is 0 Å². The van der Waals surface area contributed by atoms with Gasteiger partial charge >= 0.3 is 0 Å². The second-order valence-corrected chi connectivity index (χ2v) is 7.43. The topological polar surface area (TPSA) is 34.1 Å². The molecule has 0 saturated carbocycles. The molecular weight excluding hydrogens is 287 g/mol. The fourth-order valence-corrected chi connectivity index (χ4v) is 3.82. The molecule has 0 N–H and O–H groups in total. The summed E-state index contributed by atoms with van der Waals surface area (Å²) in [5, 5.41) is 0. The van der Waals surface area contributed by atoms with E-state index in [1.807, 2.05) is 6.07 Å². The van der Waals surface area contributed by atoms with E-state index in [1.165, 1.54) is 30.3 Å². The summed E-state index contributed by atoms with van der Waals surface area (Å²) in [6.45, 7) is 5.33. The fraction of sp³-hybridized carbons (Fsp3) is 0.176. The summed E-state index contributed by atoms with van der Waals surface area (Å²) in [4.78, 5) is 0. The Morgan fingerprint density at radius 2 is 1.67 bits per heavy atom. The Labute approximate surface area is 124 Å². The highest BCUT2D eigenvalue weighted by Gasteiger charge is 2.37. The molecule has 110 valence electrons. The van der Waals surface area contributed by atoms with Gasteiger partial charge in [-0.15, -0.1) is 6.58 Å². The highest BCUT2D eigenvalue weighted by molar-refractivity contribution is 7.91. The van der Waals surface area contributed by atoms with E-state index in [-0.39, 0.29) is 11.6 Å². The summed E-state index contributed by atoms with van der Waals surface area (Å²) in [6.07, 6.45) is 1.45. The van der Waals surface area contributed by atoms with Crippen LogP contribution >= 0.6 is 0 Å². The third-order valence-corrected chi connectivity index (χ3v) is 6.06. The van der Waals surface area contributed by atoms with Crippen LogP contribution in [0.1, 0.15) is 18.1 Å². The molecule has 2 rings (SSSR count). The minimum absolute atomic E-state index is 0.162. The Balaban J connectivity index is 2.41. The van der Waals surface area contributed by atoms with Crippen LogP contribution < -0.4 is 0 Å². The van der Waals surface area contributed by atoms with Crippen LogP contribution in [-0.4, -0.2) is 8.42 Å². The predicted molar refractivity (Wildman–Crippen MR) is 83.0 cm³/mol. The molecule has 0 aliphatic rings. The molecule has 0 spiro atoms. The molecule has 0 aliphatic carbocycles. The van der Waals surface area contributed by atoms with Crippen molar-refractivity contribution in [3.05, 3.63) is 84.2 Å². The highest BCUT2D eigenvalue weighted by atomic mass is 32.2. The largest absolute Gasteiger partial charge is 0.227 e. The first-order valence-electron chi connectivity index (χ1n) is 6.55. The van der Waals surface area contributed by atoms with E-state index in [9.17, 15) is 12.8 Å². The molecule has 0 aromatic heterocycles. The molecule has 4 heteroatoms. The SMILES string of the molecule is C=C[C@@](C)(c1ccccc1)S(=O)(=O)Cc1ccc(F)cc1. The van der Waals surface area contributed by atoms with Gasteiger partial charge < -0.3 is 0 Å². The van der Waals surface area contributed by atoms with Gasteiger partial charge in [-0.3, -0.25) is 0 Å². The van der Waals surface area contributed by atoms with Crippen molar-refractivity contribution in [3.8, 4) is 0 Å². The van der Waals surface area contributed by atoms with Gasteiger partial charge in [-0.2, -0.15) is 0 Å². The first kappa shape index (κ1) is 15.4. The first-order valence-corrected chi connectivity index (χ1v) is 8.20. The van der Waals surface area contributed by atoms with Gasteiger partial charge in [-0.05, 0) is 30.2 Å². The van der Waals surface area contributed by atoms with Gasteiger partial charge in [-0.25, -0.2) is 12.8 Å². The van der Waals surface area contributed by atoms with Gasteiger partial charge in [-0.1, -0.05) is 48.5 Å². The standard InChI is InChI=1S/C17H17FO2S/c1-3-17(2,15-7-5-4-6-8-15)21(19,20)13-14-9-11-16(18)12-10-14/h3-12H,1,13H2,2H3/t17-/m0/s1. The number of halogens is 1. The van der Waals surface area contributed by atoms with Crippen LogP contribution in [0, 0.1) is 5.82 Å². The third-order valence-electron chi connectivity index (χ3n) is 3.65. The normalized spacial score (nSPS) is 14.4. The minimum atomic E-state index is -3.53. The van der Waals surface area contributed by atoms with Gasteiger partial charge in [0.05, 0.1) is 5.75 Å². The summed E-state index contributed by atoms with van der Waals surface area (Å²) >= 11 is 0. The van der Waals surface area contributed by atoms with Crippen molar-refractivity contribution in [1.82, 2.24) is 0 Å². The lowest BCUT2D eigenvalue weighted by Crippen LogP contribution is -2.31. The lowest BCUT2D eigenvalue weighted by Gasteiger charge is -2.26. The van der Waals surface area contributed by atoms with Crippen LogP contribution in [0.5, 0.6) is 0 Å². The van der Waals surface area contributed by atoms with Gasteiger partial charge in [0.15, 0.2) is 9.84 Å². The van der Waals surface area contributed by atoms with Crippen molar-refractivity contribution < 1.29 is 12.8 Å². The Bertz CT molecular complexity index is 721. The number of benzene rings is 2. The molecule has 0 aliphatic heterocycles. The highest BCUT2D eigenvalue weighted by Crippen LogP contribution is 2.33. The van der Waals surface area contributed by atoms with E-state index < -0.39 is 14.6 Å². The first-order chi connectivity index (χ1) is 9.89. The molecule has 2 nitrogen and oxygen atoms in total. The Morgan fingerprint density at radius 1 is 1.10 bits per heavy atom. The summed E-state index contributed by atoms with van der Waals surface area (Å²) in [6, 6.07) is 14.5. The van der Waals surface area contributed by atoms with Crippen LogP contribution in [0.3, 0.4) is 0 Å². The minimum Gasteiger partial charge on any atom is -0.227 e. The van der Waals surface area contributed by atoms with Crippen LogP contribution in [0.2, 0.25) is 0 Å². The van der Waals surface area contributed by atoms with Gasteiger partial charge in [0.1, 0.15) is 10.6 Å². The van der Waals surface area contributed by atoms with Crippen molar-refractivity contribution in [2.45, 2.75) is 17.4 Å². The van der Waals surface area contributed by atoms with Gasteiger partial charge in [0, 0.05) is 0 Å². The lowest BCUT2D eigenvalue weighted by molar-refractivity contribution is 0.567. The van der Waals surface area contributed by atoms with Crippen molar-refractivity contribution in [2.24, 2.45) is 0 Å². The third kappa shape index (κ3) is 3.05. The van der Waals surface area contributed by atoms with Crippen molar-refractivity contribution >= 4 is 9.84 Å². The predicted octanol–water partition coefficient (Wildman–Crippen LogP) is 3.84. The maximum atomic E-state index is 12.9. The van der Waals surface area contributed by atoms with E-state index >= 15 is 0 Å². The molecule has 1 atom stereocenters. The quantitative estimate of drug-likeness (QED) is 0.786. The van der Waals surface area contributed by atoms with Gasteiger partial charge in [0.2, 0.25) is 0 Å². The van der Waals surface area contributed by atoms with Crippen LogP contribution in [0.4, 0.5) is 4.39 Å². The zero-order valence-electron chi connectivity index (χ0n) is 11.8.